The molecule has 8 aromatic carbocycles. The molecule has 0 radical (unpaired) electrons. The van der Waals surface area contributed by atoms with Gasteiger partial charge in [0.1, 0.15) is 11.9 Å². The Bertz CT molecular complexity index is 3330. The molecule has 65 heavy (non-hydrogen) atoms. The van der Waals surface area contributed by atoms with Crippen molar-refractivity contribution >= 4 is 33.4 Å². The van der Waals surface area contributed by atoms with E-state index in [1.807, 2.05) is 0 Å². The minimum Gasteiger partial charge on any atom is -0.488 e. The highest BCUT2D eigenvalue weighted by atomic mass is 16.5. The first kappa shape index (κ1) is 37.8. The molecule has 1 aliphatic heterocycles. The van der Waals surface area contributed by atoms with Gasteiger partial charge in [0.25, 0.3) is 0 Å². The van der Waals surface area contributed by atoms with Crippen LogP contribution in [0, 0.1) is 17.8 Å². The standard InChI is InChI=1S/C63H47NO/c1-4-18-42(19-5-1)50-37-36-49(41-55(50)43-20-6-2-7-21-43)64(47-25-8-3-9-26-47)48-27-16-24-46(40-48)51-31-17-33-57-60(51)54-30-14-15-32-56(54)63(57)58-38-34-44-22-10-12-28-52(44)61(58)65-62-53-29-13-11-23-45(53)35-39-59(62)63/h2-4,6-41,44,52,58,61H,1,5H2. The molecule has 310 valence electrons. The van der Waals surface area contributed by atoms with Crippen LogP contribution in [0.25, 0.3) is 49.7 Å². The molecule has 0 amide bonds. The molecule has 2 heteroatoms. The van der Waals surface area contributed by atoms with Crippen LogP contribution < -0.4 is 9.64 Å². The summed E-state index contributed by atoms with van der Waals surface area (Å²) in [6.07, 6.45) is 23.2. The number of benzene rings is 8. The minimum atomic E-state index is -0.465. The Labute approximate surface area is 381 Å². The lowest BCUT2D eigenvalue weighted by Crippen LogP contribution is -2.53. The van der Waals surface area contributed by atoms with Crippen LogP contribution in [0.4, 0.5) is 17.1 Å². The van der Waals surface area contributed by atoms with Crippen molar-refractivity contribution in [1.29, 1.82) is 0 Å². The summed E-state index contributed by atoms with van der Waals surface area (Å²) in [5, 5.41) is 2.38. The molecule has 0 saturated carbocycles. The fraction of sp³-hybridized carbons (Fsp3) is 0.111. The van der Waals surface area contributed by atoms with Crippen LogP contribution in [-0.4, -0.2) is 6.10 Å². The van der Waals surface area contributed by atoms with Crippen molar-refractivity contribution in [3.63, 3.8) is 0 Å². The smallest absolute Gasteiger partial charge is 0.132 e. The summed E-state index contributed by atoms with van der Waals surface area (Å²) < 4.78 is 7.41. The SMILES string of the molecule is C1=CC2C=CC3C(Oc4c(ccc5ccccc45)C34c3ccccc3-c3c(-c5cccc(N(c6ccccc6)c6ccc(C7=CCCC=C7)c(-c7ccccc7)c6)c5)cccc34)C2C=C1. The van der Waals surface area contributed by atoms with E-state index in [1.165, 1.54) is 72.0 Å². The van der Waals surface area contributed by atoms with Crippen LogP contribution in [-0.2, 0) is 5.41 Å². The first-order valence-corrected chi connectivity index (χ1v) is 23.2. The Kier molecular flexibility index (Phi) is 8.88. The molecule has 0 saturated heterocycles. The zero-order valence-electron chi connectivity index (χ0n) is 36.1. The summed E-state index contributed by atoms with van der Waals surface area (Å²) in [4.78, 5) is 2.42. The predicted octanol–water partition coefficient (Wildman–Crippen LogP) is 16.0. The van der Waals surface area contributed by atoms with Gasteiger partial charge in [-0.05, 0) is 110 Å². The highest BCUT2D eigenvalue weighted by molar-refractivity contribution is 5.98. The molecule has 8 aromatic rings. The highest BCUT2D eigenvalue weighted by Crippen LogP contribution is 2.65. The van der Waals surface area contributed by atoms with Gasteiger partial charge < -0.3 is 9.64 Å². The van der Waals surface area contributed by atoms with Crippen LogP contribution in [0.15, 0.2) is 237 Å². The van der Waals surface area contributed by atoms with Crippen LogP contribution in [0.1, 0.15) is 35.1 Å². The summed E-state index contributed by atoms with van der Waals surface area (Å²) in [7, 11) is 0. The molecule has 0 fully saturated rings. The van der Waals surface area contributed by atoms with Crippen LogP contribution in [0.2, 0.25) is 0 Å². The number of hydrogen-bond acceptors (Lipinski definition) is 2. The summed E-state index contributed by atoms with van der Waals surface area (Å²) in [5.41, 5.74) is 16.8. The molecule has 1 heterocycles. The van der Waals surface area contributed by atoms with E-state index in [2.05, 4.69) is 242 Å². The van der Waals surface area contributed by atoms with Crippen molar-refractivity contribution in [2.24, 2.45) is 17.8 Å². The summed E-state index contributed by atoms with van der Waals surface area (Å²) in [5.74, 6) is 1.62. The molecule has 0 N–H and O–H groups in total. The van der Waals surface area contributed by atoms with E-state index in [4.69, 9.17) is 4.74 Å². The van der Waals surface area contributed by atoms with Gasteiger partial charge in [0.15, 0.2) is 0 Å². The first-order chi connectivity index (χ1) is 32.3. The molecular weight excluding hydrogens is 787 g/mol. The monoisotopic (exact) mass is 833 g/mol. The summed E-state index contributed by atoms with van der Waals surface area (Å²) >= 11 is 0. The van der Waals surface area contributed by atoms with Gasteiger partial charge in [0, 0.05) is 45.8 Å². The number of para-hydroxylation sites is 1. The van der Waals surface area contributed by atoms with Crippen LogP contribution >= 0.6 is 0 Å². The zero-order valence-corrected chi connectivity index (χ0v) is 36.1. The van der Waals surface area contributed by atoms with Gasteiger partial charge in [0.2, 0.25) is 0 Å². The number of allylic oxidation sites excluding steroid dienone is 8. The molecule has 13 rings (SSSR count). The van der Waals surface area contributed by atoms with E-state index in [-0.39, 0.29) is 17.9 Å². The molecule has 1 spiro atoms. The second kappa shape index (κ2) is 15.2. The fourth-order valence-corrected chi connectivity index (χ4v) is 12.0. The predicted molar refractivity (Wildman–Crippen MR) is 270 cm³/mol. The Hall–Kier alpha value is -7.68. The van der Waals surface area contributed by atoms with E-state index < -0.39 is 5.41 Å². The Morgan fingerprint density at radius 3 is 2.12 bits per heavy atom. The van der Waals surface area contributed by atoms with Crippen molar-refractivity contribution in [3.05, 3.63) is 259 Å². The second-order valence-electron chi connectivity index (χ2n) is 18.1. The fourth-order valence-electron chi connectivity index (χ4n) is 12.0. The lowest BCUT2D eigenvalue weighted by molar-refractivity contribution is 0.0538. The van der Waals surface area contributed by atoms with Crippen molar-refractivity contribution in [2.75, 3.05) is 4.90 Å². The third-order valence-corrected chi connectivity index (χ3v) is 14.7. The van der Waals surface area contributed by atoms with E-state index in [0.717, 1.165) is 35.7 Å². The number of anilines is 3. The summed E-state index contributed by atoms with van der Waals surface area (Å²) in [6.45, 7) is 0. The average molecular weight is 834 g/mol. The third kappa shape index (κ3) is 5.87. The lowest BCUT2D eigenvalue weighted by atomic mass is 9.56. The minimum absolute atomic E-state index is 0.0486. The lowest BCUT2D eigenvalue weighted by Gasteiger charge is -2.52. The van der Waals surface area contributed by atoms with E-state index in [9.17, 15) is 0 Å². The third-order valence-electron chi connectivity index (χ3n) is 14.7. The van der Waals surface area contributed by atoms with Crippen LogP contribution in [0.3, 0.4) is 0 Å². The normalized spacial score (nSPS) is 21.8. The zero-order chi connectivity index (χ0) is 42.9. The largest absolute Gasteiger partial charge is 0.488 e. The van der Waals surface area contributed by atoms with Gasteiger partial charge in [-0.1, -0.05) is 200 Å². The molecule has 4 aliphatic carbocycles. The quantitative estimate of drug-likeness (QED) is 0.155. The van der Waals surface area contributed by atoms with Gasteiger partial charge in [-0.3, -0.25) is 0 Å². The maximum Gasteiger partial charge on any atom is 0.132 e. The molecule has 5 unspecified atom stereocenters. The van der Waals surface area contributed by atoms with E-state index in [1.54, 1.807) is 0 Å². The number of nitrogens with zero attached hydrogens (tertiary/aromatic N) is 1. The molecule has 0 bridgehead atoms. The average Bonchev–Trinajstić information content (AvgIpc) is 3.68. The molecule has 0 aromatic heterocycles. The molecular formula is C63H47NO. The maximum absolute atomic E-state index is 7.41. The van der Waals surface area contributed by atoms with E-state index >= 15 is 0 Å². The number of hydrogen-bond donors (Lipinski definition) is 0. The van der Waals surface area contributed by atoms with Gasteiger partial charge in [-0.25, -0.2) is 0 Å². The number of ether oxygens (including phenoxy) is 1. The molecule has 5 aliphatic rings. The number of rotatable bonds is 6. The topological polar surface area (TPSA) is 12.5 Å². The molecule has 2 nitrogen and oxygen atoms in total. The maximum atomic E-state index is 7.41. The first-order valence-electron chi connectivity index (χ1n) is 23.2. The van der Waals surface area contributed by atoms with Gasteiger partial charge >= 0.3 is 0 Å². The Balaban J connectivity index is 1.01. The van der Waals surface area contributed by atoms with Gasteiger partial charge in [0.05, 0.1) is 5.41 Å². The number of fused-ring (bicyclic) bond motifs is 13. The second-order valence-corrected chi connectivity index (χ2v) is 18.1. The van der Waals surface area contributed by atoms with Crippen molar-refractivity contribution < 1.29 is 4.74 Å². The van der Waals surface area contributed by atoms with Gasteiger partial charge in [-0.2, -0.15) is 0 Å². The Morgan fingerprint density at radius 2 is 1.23 bits per heavy atom. The Morgan fingerprint density at radius 1 is 0.492 bits per heavy atom. The van der Waals surface area contributed by atoms with E-state index in [0.29, 0.717) is 5.92 Å². The highest BCUT2D eigenvalue weighted by Gasteiger charge is 2.59. The van der Waals surface area contributed by atoms with Crippen LogP contribution in [0.5, 0.6) is 5.75 Å². The van der Waals surface area contributed by atoms with Crippen molar-refractivity contribution in [2.45, 2.75) is 24.4 Å². The van der Waals surface area contributed by atoms with Gasteiger partial charge in [-0.15, -0.1) is 0 Å². The van der Waals surface area contributed by atoms with Crippen molar-refractivity contribution in [3.8, 4) is 39.1 Å². The van der Waals surface area contributed by atoms with Crippen molar-refractivity contribution in [1.82, 2.24) is 0 Å². The summed E-state index contributed by atoms with van der Waals surface area (Å²) in [6, 6.07) is 67.6. The molecule has 5 atom stereocenters.